The molecule has 0 unspecified atom stereocenters. The molecule has 1 N–H and O–H groups in total. The van der Waals surface area contributed by atoms with Gasteiger partial charge in [0.25, 0.3) is 5.09 Å². The predicted octanol–water partition coefficient (Wildman–Crippen LogP) is -0.729. The Morgan fingerprint density at radius 3 is 1.80 bits per heavy atom. The van der Waals surface area contributed by atoms with Crippen molar-refractivity contribution in [3.05, 3.63) is 10.1 Å². The van der Waals surface area contributed by atoms with Gasteiger partial charge in [-0.1, -0.05) is 0 Å². The zero-order valence-corrected chi connectivity index (χ0v) is 5.83. The van der Waals surface area contributed by atoms with Gasteiger partial charge in [0.05, 0.1) is 0 Å². The fraction of sp³-hybridized carbons (Fsp3) is 0. The molecule has 0 aliphatic rings. The second kappa shape index (κ2) is 4.84. The van der Waals surface area contributed by atoms with Crippen LogP contribution in [0, 0.1) is 10.1 Å². The molecule has 5 heavy (non-hydrogen) atoms. The molecule has 0 saturated heterocycles. The second-order valence-corrected chi connectivity index (χ2v) is 0.238. The van der Waals surface area contributed by atoms with Crippen molar-refractivity contribution < 1.29 is 10.3 Å². The molecule has 0 aromatic carbocycles. The second-order valence-electron chi connectivity index (χ2n) is 0.238. The molecule has 0 aromatic heterocycles. The van der Waals surface area contributed by atoms with Crippen LogP contribution >= 0.6 is 0 Å². The maximum absolute atomic E-state index is 8.36. The third-order valence-corrected chi connectivity index (χ3v) is 0. The predicted molar refractivity (Wildman–Crippen MR) is 14.5 cm³/mol. The standard InChI is InChI=1S/K.HNO3/c;2-1(3)4/h;(H,2,3,4)/i;1+1. The molecule has 0 atom stereocenters. The maximum Gasteiger partial charge on any atom is 0.291 e. The van der Waals surface area contributed by atoms with E-state index in [1.165, 1.54) is 0 Å². The van der Waals surface area contributed by atoms with Gasteiger partial charge in [0.2, 0.25) is 0 Å². The van der Waals surface area contributed by atoms with Crippen molar-refractivity contribution in [1.82, 2.24) is 0 Å². The van der Waals surface area contributed by atoms with Gasteiger partial charge in [-0.3, -0.25) is 0 Å². The summed E-state index contributed by atoms with van der Waals surface area (Å²) in [6, 6.07) is 0. The van der Waals surface area contributed by atoms with E-state index in [-0.39, 0.29) is 51.4 Å². The Morgan fingerprint density at radius 2 is 1.80 bits per heavy atom. The molecule has 0 bridgehead atoms. The Kier molecular flexibility index (Phi) is 8.97. The van der Waals surface area contributed by atoms with Gasteiger partial charge in [-0.25, -0.2) is 0 Å². The van der Waals surface area contributed by atoms with Gasteiger partial charge in [-0.05, 0) is 0 Å². The van der Waals surface area contributed by atoms with Gasteiger partial charge in [-0.15, -0.1) is 10.1 Å². The molecule has 5 heteroatoms. The molecular weight excluding hydrogens is 102 g/mol. The molecule has 0 saturated carbocycles. The van der Waals surface area contributed by atoms with E-state index >= 15 is 0 Å². The minimum atomic E-state index is -1.50. The van der Waals surface area contributed by atoms with Gasteiger partial charge in [0.1, 0.15) is 0 Å². The minimum Gasteiger partial charge on any atom is -0.328 e. The molecule has 1 radical (unpaired) electrons. The third-order valence-electron chi connectivity index (χ3n) is 0. The Morgan fingerprint density at radius 1 is 1.80 bits per heavy atom. The summed E-state index contributed by atoms with van der Waals surface area (Å²) >= 11 is 0. The van der Waals surface area contributed by atoms with E-state index in [1.807, 2.05) is 0 Å². The van der Waals surface area contributed by atoms with Gasteiger partial charge in [0.15, 0.2) is 0 Å². The summed E-state index contributed by atoms with van der Waals surface area (Å²) in [5, 5.41) is 13.6. The minimum absolute atomic E-state index is 0. The van der Waals surface area contributed by atoms with Gasteiger partial charge in [0, 0.05) is 51.4 Å². The summed E-state index contributed by atoms with van der Waals surface area (Å²) in [7, 11) is 0. The number of rotatable bonds is 0. The molecule has 0 heterocycles. The topological polar surface area (TPSA) is 63.4 Å². The van der Waals surface area contributed by atoms with E-state index in [0.29, 0.717) is 0 Å². The SMILES string of the molecule is O=[15N+]([O-])O.[K]. The first kappa shape index (κ1) is 9.28. The van der Waals surface area contributed by atoms with Crippen LogP contribution in [0.1, 0.15) is 0 Å². The number of hydrogen-bond donors (Lipinski definition) is 1. The molecule has 0 spiro atoms. The van der Waals surface area contributed by atoms with Crippen molar-refractivity contribution in [3.8, 4) is 0 Å². The van der Waals surface area contributed by atoms with E-state index in [4.69, 9.17) is 15.3 Å². The monoisotopic (exact) mass is 103 g/mol. The summed E-state index contributed by atoms with van der Waals surface area (Å²) in [6.45, 7) is 0. The zero-order valence-electron chi connectivity index (χ0n) is 2.71. The van der Waals surface area contributed by atoms with Crippen molar-refractivity contribution in [1.29, 1.82) is 0 Å². The number of hydrogen-bond acceptors (Lipinski definition) is 2. The molecule has 0 amide bonds. The fourth-order valence-corrected chi connectivity index (χ4v) is 0. The molecular formula is HKNO3. The Bertz CT molecular complexity index is 29.9. The van der Waals surface area contributed by atoms with E-state index < -0.39 is 5.09 Å². The van der Waals surface area contributed by atoms with Crippen LogP contribution in [-0.4, -0.2) is 61.7 Å². The average molecular weight is 103 g/mol. The normalized spacial score (nSPS) is 4.80. The van der Waals surface area contributed by atoms with Crippen LogP contribution < -0.4 is 0 Å². The van der Waals surface area contributed by atoms with Gasteiger partial charge < -0.3 is 5.21 Å². The molecule has 0 aliphatic heterocycles. The Balaban J connectivity index is 0. The summed E-state index contributed by atoms with van der Waals surface area (Å²) in [5.41, 5.74) is 0. The third kappa shape index (κ3) is 55.6. The largest absolute Gasteiger partial charge is 0.328 e. The van der Waals surface area contributed by atoms with E-state index in [2.05, 4.69) is 0 Å². The smallest absolute Gasteiger partial charge is 0.291 e. The van der Waals surface area contributed by atoms with Crippen molar-refractivity contribution in [3.63, 3.8) is 0 Å². The summed E-state index contributed by atoms with van der Waals surface area (Å²) in [6.07, 6.45) is 0. The molecule has 0 aromatic rings. The van der Waals surface area contributed by atoms with Crippen LogP contribution in [0.2, 0.25) is 0 Å². The Hall–Kier alpha value is 0.836. The van der Waals surface area contributed by atoms with Crippen molar-refractivity contribution in [2.75, 3.05) is 0 Å². The Labute approximate surface area is 70.7 Å². The molecule has 0 aliphatic carbocycles. The maximum atomic E-state index is 8.36. The van der Waals surface area contributed by atoms with Crippen LogP contribution in [0.25, 0.3) is 0 Å². The molecule has 0 rings (SSSR count). The van der Waals surface area contributed by atoms with Crippen molar-refractivity contribution >= 4 is 51.4 Å². The first-order valence-corrected chi connectivity index (χ1v) is 0.565. The summed E-state index contributed by atoms with van der Waals surface area (Å²) < 4.78 is 0. The van der Waals surface area contributed by atoms with Gasteiger partial charge >= 0.3 is 0 Å². The average Bonchev–Trinajstić information content (AvgIpc) is 0.811. The van der Waals surface area contributed by atoms with Crippen LogP contribution in [0.15, 0.2) is 0 Å². The quantitative estimate of drug-likeness (QED) is 0.190. The van der Waals surface area contributed by atoms with Gasteiger partial charge in [-0.2, -0.15) is 0 Å². The first-order valence-electron chi connectivity index (χ1n) is 0.565. The van der Waals surface area contributed by atoms with E-state index in [9.17, 15) is 0 Å². The molecule has 0 fully saturated rings. The van der Waals surface area contributed by atoms with E-state index in [0.717, 1.165) is 0 Å². The van der Waals surface area contributed by atoms with E-state index in [1.54, 1.807) is 0 Å². The van der Waals surface area contributed by atoms with Crippen LogP contribution in [0.3, 0.4) is 0 Å². The molecule has 25 valence electrons. The van der Waals surface area contributed by atoms with Crippen LogP contribution in [-0.2, 0) is 0 Å². The zero-order chi connectivity index (χ0) is 3.58. The fourth-order valence-electron chi connectivity index (χ4n) is 0. The first-order chi connectivity index (χ1) is 1.73. The van der Waals surface area contributed by atoms with Crippen molar-refractivity contribution in [2.24, 2.45) is 0 Å². The van der Waals surface area contributed by atoms with Crippen LogP contribution in [0.5, 0.6) is 0 Å². The van der Waals surface area contributed by atoms with Crippen LogP contribution in [0.4, 0.5) is 0 Å². The summed E-state index contributed by atoms with van der Waals surface area (Å²) in [5.74, 6) is 0. The summed E-state index contributed by atoms with van der Waals surface area (Å²) in [4.78, 5) is 8.36. The molecule has 4 nitrogen and oxygen atoms in total. The number of nitrogens with zero attached hydrogens (tertiary/aromatic N) is 1. The van der Waals surface area contributed by atoms with Crippen molar-refractivity contribution in [2.45, 2.75) is 0 Å².